The molecule has 2 aromatic carbocycles. The molecule has 0 heterocycles. The van der Waals surface area contributed by atoms with Gasteiger partial charge in [0, 0.05) is 11.6 Å². The van der Waals surface area contributed by atoms with Crippen molar-refractivity contribution in [1.82, 2.24) is 5.32 Å². The van der Waals surface area contributed by atoms with Crippen LogP contribution in [0.15, 0.2) is 48.5 Å². The maximum Gasteiger partial charge on any atom is 0.374 e. The molecule has 0 saturated heterocycles. The number of rotatable bonds is 17. The number of aliphatic hydroxyl groups is 1. The van der Waals surface area contributed by atoms with Gasteiger partial charge in [0.15, 0.2) is 5.78 Å². The standard InChI is InChI=1S/C29H39NO8/c1-29(2,3)38-28(34)30-14-10-5-6-11-15-36-23-16-22(25(31)19-26(32)27(33)35-4)17-24(18-23)37-20-21-12-8-7-9-13-21/h7-9,12-13,16-18,28,30,34H,5-6,10-11,14-15,19-20H2,1-4H3. The number of unbranched alkanes of at least 4 members (excludes halogenated alkanes) is 3. The second-order valence-electron chi connectivity index (χ2n) is 9.78. The van der Waals surface area contributed by atoms with E-state index in [0.29, 0.717) is 31.3 Å². The van der Waals surface area contributed by atoms with Gasteiger partial charge in [-0.05, 0) is 57.9 Å². The summed E-state index contributed by atoms with van der Waals surface area (Å²) in [6.07, 6.45) is 1.94. The van der Waals surface area contributed by atoms with E-state index >= 15 is 0 Å². The van der Waals surface area contributed by atoms with Gasteiger partial charge in [0.1, 0.15) is 18.1 Å². The normalized spacial score (nSPS) is 12.0. The van der Waals surface area contributed by atoms with Crippen LogP contribution in [0.4, 0.5) is 0 Å². The Hall–Kier alpha value is -3.27. The van der Waals surface area contributed by atoms with Gasteiger partial charge in [-0.1, -0.05) is 43.2 Å². The first-order valence-corrected chi connectivity index (χ1v) is 12.8. The van der Waals surface area contributed by atoms with Gasteiger partial charge in [0.25, 0.3) is 0 Å². The Morgan fingerprint density at radius 3 is 2.24 bits per heavy atom. The monoisotopic (exact) mass is 529 g/mol. The van der Waals surface area contributed by atoms with Crippen LogP contribution in [0.2, 0.25) is 0 Å². The third-order valence-corrected chi connectivity index (χ3v) is 5.31. The van der Waals surface area contributed by atoms with E-state index in [1.165, 1.54) is 6.07 Å². The van der Waals surface area contributed by atoms with E-state index in [0.717, 1.165) is 38.4 Å². The quantitative estimate of drug-likeness (QED) is 0.0776. The number of Topliss-reactive ketones (excluding diaryl/α,β-unsaturated/α-hetero) is 2. The fraction of sp³-hybridized carbons (Fsp3) is 0.483. The smallest absolute Gasteiger partial charge is 0.374 e. The van der Waals surface area contributed by atoms with Crippen LogP contribution in [0.1, 0.15) is 68.8 Å². The van der Waals surface area contributed by atoms with E-state index in [-0.39, 0.29) is 5.56 Å². The van der Waals surface area contributed by atoms with Crippen LogP contribution in [0.3, 0.4) is 0 Å². The lowest BCUT2D eigenvalue weighted by Crippen LogP contribution is -2.38. The highest BCUT2D eigenvalue weighted by molar-refractivity contribution is 6.38. The summed E-state index contributed by atoms with van der Waals surface area (Å²) in [6.45, 7) is 6.99. The van der Waals surface area contributed by atoms with Gasteiger partial charge in [0.2, 0.25) is 12.2 Å². The number of ether oxygens (including phenoxy) is 4. The van der Waals surface area contributed by atoms with Crippen LogP contribution in [-0.4, -0.2) is 54.9 Å². The zero-order valence-corrected chi connectivity index (χ0v) is 22.7. The molecule has 0 spiro atoms. The number of carbonyl (C=O) groups excluding carboxylic acids is 3. The van der Waals surface area contributed by atoms with E-state index in [1.54, 1.807) is 12.1 Å². The number of nitrogens with one attached hydrogen (secondary N) is 1. The summed E-state index contributed by atoms with van der Waals surface area (Å²) in [5.74, 6) is -1.64. The van der Waals surface area contributed by atoms with Crippen molar-refractivity contribution >= 4 is 17.5 Å². The zero-order valence-electron chi connectivity index (χ0n) is 22.7. The molecule has 0 radical (unpaired) electrons. The van der Waals surface area contributed by atoms with Crippen LogP contribution in [0.5, 0.6) is 11.5 Å². The van der Waals surface area contributed by atoms with E-state index in [4.69, 9.17) is 14.2 Å². The molecule has 9 nitrogen and oxygen atoms in total. The highest BCUT2D eigenvalue weighted by Gasteiger charge is 2.21. The van der Waals surface area contributed by atoms with Crippen LogP contribution in [-0.2, 0) is 25.7 Å². The number of benzene rings is 2. The fourth-order valence-corrected chi connectivity index (χ4v) is 3.45. The summed E-state index contributed by atoms with van der Waals surface area (Å²) < 4.78 is 21.6. The summed E-state index contributed by atoms with van der Waals surface area (Å²) in [5, 5.41) is 12.7. The Morgan fingerprint density at radius 1 is 0.921 bits per heavy atom. The summed E-state index contributed by atoms with van der Waals surface area (Å²) in [4.78, 5) is 36.0. The molecule has 2 rings (SSSR count). The van der Waals surface area contributed by atoms with E-state index < -0.39 is 36.0 Å². The number of methoxy groups -OCH3 is 1. The Kier molecular flexibility index (Phi) is 12.9. The van der Waals surface area contributed by atoms with Crippen LogP contribution >= 0.6 is 0 Å². The Morgan fingerprint density at radius 2 is 1.58 bits per heavy atom. The summed E-state index contributed by atoms with van der Waals surface area (Å²) in [5.41, 5.74) is 0.749. The predicted molar refractivity (Wildman–Crippen MR) is 142 cm³/mol. The Balaban J connectivity index is 1.88. The van der Waals surface area contributed by atoms with Crippen molar-refractivity contribution in [2.75, 3.05) is 20.3 Å². The summed E-state index contributed by atoms with van der Waals surface area (Å²) in [7, 11) is 1.09. The predicted octanol–water partition coefficient (Wildman–Crippen LogP) is 4.20. The molecule has 1 atom stereocenters. The molecule has 0 aliphatic carbocycles. The third kappa shape index (κ3) is 12.3. The van der Waals surface area contributed by atoms with Crippen molar-refractivity contribution in [3.8, 4) is 11.5 Å². The minimum absolute atomic E-state index is 0.213. The molecule has 0 amide bonds. The van der Waals surface area contributed by atoms with E-state index in [9.17, 15) is 19.5 Å². The molecule has 208 valence electrons. The first-order valence-electron chi connectivity index (χ1n) is 12.8. The number of hydrogen-bond acceptors (Lipinski definition) is 9. The lowest BCUT2D eigenvalue weighted by molar-refractivity contribution is -0.181. The second kappa shape index (κ2) is 15.9. The molecule has 0 saturated carbocycles. The zero-order chi connectivity index (χ0) is 28.0. The number of aliphatic hydroxyl groups excluding tert-OH is 1. The van der Waals surface area contributed by atoms with E-state index in [1.807, 2.05) is 51.1 Å². The molecule has 1 unspecified atom stereocenters. The average Bonchev–Trinajstić information content (AvgIpc) is 2.87. The fourth-order valence-electron chi connectivity index (χ4n) is 3.45. The molecule has 2 N–H and O–H groups in total. The van der Waals surface area contributed by atoms with Crippen LogP contribution < -0.4 is 14.8 Å². The van der Waals surface area contributed by atoms with Gasteiger partial charge in [-0.2, -0.15) is 0 Å². The molecule has 2 aromatic rings. The minimum atomic E-state index is -1.06. The molecular weight excluding hydrogens is 490 g/mol. The largest absolute Gasteiger partial charge is 0.493 e. The highest BCUT2D eigenvalue weighted by atomic mass is 16.6. The molecule has 9 heteroatoms. The maximum absolute atomic E-state index is 12.7. The van der Waals surface area contributed by atoms with Gasteiger partial charge in [0.05, 0.1) is 25.7 Å². The van der Waals surface area contributed by atoms with Crippen LogP contribution in [0, 0.1) is 0 Å². The molecule has 38 heavy (non-hydrogen) atoms. The van der Waals surface area contributed by atoms with Gasteiger partial charge in [-0.3, -0.25) is 14.9 Å². The molecule has 0 aliphatic rings. The Bertz CT molecular complexity index is 1030. The molecule has 0 aromatic heterocycles. The topological polar surface area (TPSA) is 120 Å². The van der Waals surface area contributed by atoms with Gasteiger partial charge >= 0.3 is 5.97 Å². The Labute approximate surface area is 224 Å². The van der Waals surface area contributed by atoms with Crippen molar-refractivity contribution in [1.29, 1.82) is 0 Å². The molecule has 0 bridgehead atoms. The lowest BCUT2D eigenvalue weighted by Gasteiger charge is -2.24. The van der Waals surface area contributed by atoms with E-state index in [2.05, 4.69) is 10.1 Å². The average molecular weight is 530 g/mol. The lowest BCUT2D eigenvalue weighted by atomic mass is 10.1. The number of esters is 1. The van der Waals surface area contributed by atoms with Gasteiger partial charge in [-0.15, -0.1) is 0 Å². The van der Waals surface area contributed by atoms with Crippen molar-refractivity contribution in [2.45, 2.75) is 71.5 Å². The highest BCUT2D eigenvalue weighted by Crippen LogP contribution is 2.25. The third-order valence-electron chi connectivity index (χ3n) is 5.31. The SMILES string of the molecule is COC(=O)C(=O)CC(=O)c1cc(OCCCCCCNC(O)OC(C)(C)C)cc(OCc2ccccc2)c1. The molecule has 0 aliphatic heterocycles. The van der Waals surface area contributed by atoms with Crippen molar-refractivity contribution in [2.24, 2.45) is 0 Å². The number of ketones is 2. The molecular formula is C29H39NO8. The number of carbonyl (C=O) groups is 3. The summed E-state index contributed by atoms with van der Waals surface area (Å²) >= 11 is 0. The van der Waals surface area contributed by atoms with Gasteiger partial charge < -0.3 is 24.1 Å². The minimum Gasteiger partial charge on any atom is -0.493 e. The van der Waals surface area contributed by atoms with Gasteiger partial charge in [-0.25, -0.2) is 4.79 Å². The maximum atomic E-state index is 12.7. The second-order valence-corrected chi connectivity index (χ2v) is 9.78. The van der Waals surface area contributed by atoms with Crippen molar-refractivity contribution in [3.05, 3.63) is 59.7 Å². The van der Waals surface area contributed by atoms with Crippen LogP contribution in [0.25, 0.3) is 0 Å². The summed E-state index contributed by atoms with van der Waals surface area (Å²) in [6, 6.07) is 14.4. The first kappa shape index (κ1) is 31.0. The van der Waals surface area contributed by atoms with Crippen molar-refractivity contribution in [3.63, 3.8) is 0 Å². The number of hydrogen-bond donors (Lipinski definition) is 2. The molecule has 0 fully saturated rings. The van der Waals surface area contributed by atoms with Crippen molar-refractivity contribution < 1.29 is 38.4 Å². The first-order chi connectivity index (χ1) is 18.1.